The molecular weight excluding hydrogens is 150 g/mol. The number of ether oxygens (including phenoxy) is 1. The van der Waals surface area contributed by atoms with Crippen molar-refractivity contribution in [3.8, 4) is 0 Å². The van der Waals surface area contributed by atoms with Crippen LogP contribution >= 0.6 is 0 Å². The van der Waals surface area contributed by atoms with E-state index in [9.17, 15) is 0 Å². The first-order chi connectivity index (χ1) is 5.59. The van der Waals surface area contributed by atoms with E-state index in [2.05, 4.69) is 19.9 Å². The molecule has 1 heterocycles. The van der Waals surface area contributed by atoms with Crippen LogP contribution in [0.15, 0.2) is 23.1 Å². The summed E-state index contributed by atoms with van der Waals surface area (Å²) < 4.78 is 5.60. The minimum Gasteiger partial charge on any atom is -0.497 e. The summed E-state index contributed by atoms with van der Waals surface area (Å²) in [6, 6.07) is 0. The third-order valence-corrected chi connectivity index (χ3v) is 2.61. The van der Waals surface area contributed by atoms with Crippen molar-refractivity contribution in [1.82, 2.24) is 0 Å². The largest absolute Gasteiger partial charge is 0.497 e. The molecular formula is C10H15NO. The van der Waals surface area contributed by atoms with Crippen molar-refractivity contribution in [2.45, 2.75) is 26.7 Å². The Morgan fingerprint density at radius 2 is 2.17 bits per heavy atom. The van der Waals surface area contributed by atoms with Crippen LogP contribution in [0.3, 0.4) is 0 Å². The van der Waals surface area contributed by atoms with Crippen LogP contribution in [0, 0.1) is 5.41 Å². The third kappa shape index (κ3) is 1.02. The highest BCUT2D eigenvalue weighted by molar-refractivity contribution is 5.37. The fraction of sp³-hybridized carbons (Fsp3) is 0.600. The summed E-state index contributed by atoms with van der Waals surface area (Å²) in [5.74, 6) is 1.16. The average Bonchev–Trinajstić information content (AvgIpc) is 2.28. The molecule has 2 N–H and O–H groups in total. The van der Waals surface area contributed by atoms with Gasteiger partial charge in [-0.1, -0.05) is 13.8 Å². The second-order valence-electron chi connectivity index (χ2n) is 4.23. The van der Waals surface area contributed by atoms with Gasteiger partial charge in [0, 0.05) is 23.1 Å². The van der Waals surface area contributed by atoms with Crippen LogP contribution in [-0.4, -0.2) is 6.61 Å². The average molecular weight is 165 g/mol. The van der Waals surface area contributed by atoms with E-state index < -0.39 is 0 Å². The zero-order valence-electron chi connectivity index (χ0n) is 7.68. The Hall–Kier alpha value is -0.920. The van der Waals surface area contributed by atoms with Gasteiger partial charge in [0.1, 0.15) is 5.76 Å². The summed E-state index contributed by atoms with van der Waals surface area (Å²) in [4.78, 5) is 0. The Morgan fingerprint density at radius 1 is 1.42 bits per heavy atom. The molecule has 0 saturated heterocycles. The molecule has 0 bridgehead atoms. The van der Waals surface area contributed by atoms with Gasteiger partial charge in [-0.25, -0.2) is 0 Å². The molecule has 0 aromatic carbocycles. The summed E-state index contributed by atoms with van der Waals surface area (Å²) in [5, 5.41) is 0. The van der Waals surface area contributed by atoms with Crippen LogP contribution in [-0.2, 0) is 4.74 Å². The normalized spacial score (nSPS) is 26.3. The smallest absolute Gasteiger partial charge is 0.100 e. The van der Waals surface area contributed by atoms with Crippen molar-refractivity contribution in [1.29, 1.82) is 0 Å². The second kappa shape index (κ2) is 2.28. The van der Waals surface area contributed by atoms with Gasteiger partial charge in [0.2, 0.25) is 0 Å². The Balaban J connectivity index is 2.39. The van der Waals surface area contributed by atoms with E-state index in [4.69, 9.17) is 10.5 Å². The maximum absolute atomic E-state index is 5.78. The Labute approximate surface area is 73.1 Å². The van der Waals surface area contributed by atoms with Crippen LogP contribution in [0.5, 0.6) is 0 Å². The fourth-order valence-corrected chi connectivity index (χ4v) is 1.80. The maximum Gasteiger partial charge on any atom is 0.100 e. The molecule has 0 amide bonds. The summed E-state index contributed by atoms with van der Waals surface area (Å²) in [6.07, 6.45) is 4.03. The third-order valence-electron chi connectivity index (χ3n) is 2.61. The van der Waals surface area contributed by atoms with E-state index in [1.165, 1.54) is 5.57 Å². The van der Waals surface area contributed by atoms with Crippen LogP contribution in [0.1, 0.15) is 26.7 Å². The van der Waals surface area contributed by atoms with Gasteiger partial charge in [0.05, 0.1) is 6.61 Å². The van der Waals surface area contributed by atoms with Crippen LogP contribution in [0.25, 0.3) is 0 Å². The lowest BCUT2D eigenvalue weighted by molar-refractivity contribution is 0.179. The van der Waals surface area contributed by atoms with Gasteiger partial charge >= 0.3 is 0 Å². The van der Waals surface area contributed by atoms with Gasteiger partial charge in [-0.3, -0.25) is 0 Å². The molecule has 0 aromatic heterocycles. The van der Waals surface area contributed by atoms with E-state index in [0.29, 0.717) is 0 Å². The number of allylic oxidation sites excluding steroid dienone is 3. The van der Waals surface area contributed by atoms with E-state index in [0.717, 1.165) is 30.9 Å². The molecule has 0 spiro atoms. The van der Waals surface area contributed by atoms with Gasteiger partial charge in [0.25, 0.3) is 0 Å². The molecule has 2 nitrogen and oxygen atoms in total. The Morgan fingerprint density at radius 3 is 2.92 bits per heavy atom. The monoisotopic (exact) mass is 165 g/mol. The first-order valence-corrected chi connectivity index (χ1v) is 4.42. The zero-order valence-corrected chi connectivity index (χ0v) is 7.68. The second-order valence-corrected chi connectivity index (χ2v) is 4.23. The van der Waals surface area contributed by atoms with E-state index >= 15 is 0 Å². The molecule has 0 atom stereocenters. The van der Waals surface area contributed by atoms with E-state index in [-0.39, 0.29) is 5.41 Å². The van der Waals surface area contributed by atoms with E-state index in [1.54, 1.807) is 0 Å². The molecule has 66 valence electrons. The first-order valence-electron chi connectivity index (χ1n) is 4.42. The molecule has 0 unspecified atom stereocenters. The van der Waals surface area contributed by atoms with Gasteiger partial charge in [0.15, 0.2) is 0 Å². The predicted octanol–water partition coefficient (Wildman–Crippen LogP) is 1.93. The highest BCUT2D eigenvalue weighted by Crippen LogP contribution is 2.41. The summed E-state index contributed by atoms with van der Waals surface area (Å²) >= 11 is 0. The molecule has 2 rings (SSSR count). The molecule has 1 aliphatic heterocycles. The lowest BCUT2D eigenvalue weighted by atomic mass is 9.83. The Bertz CT molecular complexity index is 274. The first kappa shape index (κ1) is 7.71. The molecule has 12 heavy (non-hydrogen) atoms. The SMILES string of the molecule is CC1(C)COC2=C1C=C(N)CC2. The van der Waals surface area contributed by atoms with E-state index in [1.807, 2.05) is 0 Å². The summed E-state index contributed by atoms with van der Waals surface area (Å²) in [7, 11) is 0. The topological polar surface area (TPSA) is 35.2 Å². The van der Waals surface area contributed by atoms with Crippen molar-refractivity contribution in [2.24, 2.45) is 11.1 Å². The summed E-state index contributed by atoms with van der Waals surface area (Å²) in [6.45, 7) is 5.20. The van der Waals surface area contributed by atoms with Crippen molar-refractivity contribution >= 4 is 0 Å². The number of nitrogens with two attached hydrogens (primary N) is 1. The van der Waals surface area contributed by atoms with Crippen LogP contribution in [0.2, 0.25) is 0 Å². The Kier molecular flexibility index (Phi) is 1.47. The molecule has 0 fully saturated rings. The molecule has 2 aliphatic rings. The fourth-order valence-electron chi connectivity index (χ4n) is 1.80. The lowest BCUT2D eigenvalue weighted by Gasteiger charge is -2.19. The number of rotatable bonds is 0. The molecule has 2 heteroatoms. The lowest BCUT2D eigenvalue weighted by Crippen LogP contribution is -2.15. The van der Waals surface area contributed by atoms with Gasteiger partial charge < -0.3 is 10.5 Å². The molecule has 1 aliphatic carbocycles. The standard InChI is InChI=1S/C10H15NO/c1-10(2)6-12-9-4-3-7(11)5-8(9)10/h5H,3-4,6,11H2,1-2H3. The predicted molar refractivity (Wildman–Crippen MR) is 48.3 cm³/mol. The van der Waals surface area contributed by atoms with Crippen LogP contribution < -0.4 is 5.73 Å². The number of hydrogen-bond donors (Lipinski definition) is 1. The van der Waals surface area contributed by atoms with Gasteiger partial charge in [-0.2, -0.15) is 0 Å². The zero-order chi connectivity index (χ0) is 8.77. The highest BCUT2D eigenvalue weighted by atomic mass is 16.5. The van der Waals surface area contributed by atoms with Gasteiger partial charge in [-0.05, 0) is 12.5 Å². The quantitative estimate of drug-likeness (QED) is 0.595. The minimum atomic E-state index is 0.167. The van der Waals surface area contributed by atoms with Crippen molar-refractivity contribution in [2.75, 3.05) is 6.61 Å². The highest BCUT2D eigenvalue weighted by Gasteiger charge is 2.34. The van der Waals surface area contributed by atoms with Crippen molar-refractivity contribution < 1.29 is 4.74 Å². The summed E-state index contributed by atoms with van der Waals surface area (Å²) in [5.41, 5.74) is 8.25. The van der Waals surface area contributed by atoms with Crippen LogP contribution in [0.4, 0.5) is 0 Å². The van der Waals surface area contributed by atoms with Crippen molar-refractivity contribution in [3.05, 3.63) is 23.1 Å². The maximum atomic E-state index is 5.78. The van der Waals surface area contributed by atoms with Crippen molar-refractivity contribution in [3.63, 3.8) is 0 Å². The molecule has 0 aromatic rings. The minimum absolute atomic E-state index is 0.167. The molecule has 0 radical (unpaired) electrons. The molecule has 0 saturated carbocycles. The number of hydrogen-bond acceptors (Lipinski definition) is 2. The van der Waals surface area contributed by atoms with Gasteiger partial charge in [-0.15, -0.1) is 0 Å².